The average molecular weight is 328 g/mol. The van der Waals surface area contributed by atoms with E-state index in [2.05, 4.69) is 5.32 Å². The third-order valence-corrected chi connectivity index (χ3v) is 4.93. The highest BCUT2D eigenvalue weighted by molar-refractivity contribution is 7.10. The predicted octanol–water partition coefficient (Wildman–Crippen LogP) is 2.77. The topological polar surface area (TPSA) is 49.4 Å². The molecular formula is C18H20N2O2S. The van der Waals surface area contributed by atoms with Crippen molar-refractivity contribution in [2.24, 2.45) is 5.92 Å². The van der Waals surface area contributed by atoms with Gasteiger partial charge in [0.15, 0.2) is 0 Å². The van der Waals surface area contributed by atoms with E-state index in [1.54, 1.807) is 11.3 Å². The number of amides is 2. The summed E-state index contributed by atoms with van der Waals surface area (Å²) in [6.07, 6.45) is 0.910. The number of benzene rings is 1. The van der Waals surface area contributed by atoms with Gasteiger partial charge in [-0.25, -0.2) is 0 Å². The number of rotatable bonds is 5. The molecule has 120 valence electrons. The Morgan fingerprint density at radius 2 is 2.09 bits per heavy atom. The lowest BCUT2D eigenvalue weighted by Crippen LogP contribution is -2.32. The van der Waals surface area contributed by atoms with Crippen LogP contribution in [0, 0.1) is 12.8 Å². The number of thiophene rings is 1. The van der Waals surface area contributed by atoms with Crippen LogP contribution in [0.5, 0.6) is 0 Å². The molecule has 0 saturated carbocycles. The van der Waals surface area contributed by atoms with Gasteiger partial charge in [-0.15, -0.1) is 11.3 Å². The molecule has 2 heterocycles. The fourth-order valence-electron chi connectivity index (χ4n) is 2.78. The fourth-order valence-corrected chi connectivity index (χ4v) is 3.49. The molecule has 0 bridgehead atoms. The molecule has 1 N–H and O–H groups in total. The first-order valence-electron chi connectivity index (χ1n) is 7.78. The summed E-state index contributed by atoms with van der Waals surface area (Å²) in [5.41, 5.74) is 2.12. The Morgan fingerprint density at radius 1 is 1.30 bits per heavy atom. The second-order valence-corrected chi connectivity index (χ2v) is 7.00. The van der Waals surface area contributed by atoms with Crippen LogP contribution in [0.15, 0.2) is 41.8 Å². The Labute approximate surface area is 140 Å². The maximum Gasteiger partial charge on any atom is 0.227 e. The van der Waals surface area contributed by atoms with Gasteiger partial charge in [-0.3, -0.25) is 9.59 Å². The van der Waals surface area contributed by atoms with E-state index in [1.807, 2.05) is 53.6 Å². The molecule has 2 amide bonds. The van der Waals surface area contributed by atoms with Crippen molar-refractivity contribution >= 4 is 28.8 Å². The summed E-state index contributed by atoms with van der Waals surface area (Å²) in [7, 11) is 0. The summed E-state index contributed by atoms with van der Waals surface area (Å²) in [5, 5.41) is 4.92. The average Bonchev–Trinajstić information content (AvgIpc) is 3.16. The lowest BCUT2D eigenvalue weighted by Gasteiger charge is -2.17. The molecule has 1 aliphatic rings. The molecule has 1 saturated heterocycles. The van der Waals surface area contributed by atoms with Crippen LogP contribution in [0.25, 0.3) is 0 Å². The Hall–Kier alpha value is -2.14. The summed E-state index contributed by atoms with van der Waals surface area (Å²) >= 11 is 1.59. The monoisotopic (exact) mass is 328 g/mol. The van der Waals surface area contributed by atoms with Gasteiger partial charge in [0.25, 0.3) is 0 Å². The van der Waals surface area contributed by atoms with Gasteiger partial charge in [-0.1, -0.05) is 23.8 Å². The van der Waals surface area contributed by atoms with Gasteiger partial charge >= 0.3 is 0 Å². The summed E-state index contributed by atoms with van der Waals surface area (Å²) in [5.74, 6) is 0.330. The molecule has 1 atom stereocenters. The van der Waals surface area contributed by atoms with Gasteiger partial charge in [0.05, 0.1) is 6.42 Å². The maximum atomic E-state index is 12.2. The number of hydrogen-bond acceptors (Lipinski definition) is 3. The molecule has 4 nitrogen and oxygen atoms in total. The number of nitrogens with one attached hydrogen (secondary N) is 1. The van der Waals surface area contributed by atoms with Crippen LogP contribution < -0.4 is 10.2 Å². The number of carbonyl (C=O) groups is 2. The molecule has 2 aromatic rings. The standard InChI is InChI=1S/C18H20N2O2S/c1-13-4-6-15(7-5-13)20-12-14(9-18(20)22)11-19-17(21)10-16-3-2-8-23-16/h2-8,14H,9-12H2,1H3,(H,19,21)/t14-/m0/s1. The zero-order valence-electron chi connectivity index (χ0n) is 13.1. The molecule has 0 aliphatic carbocycles. The lowest BCUT2D eigenvalue weighted by atomic mass is 10.1. The van der Waals surface area contributed by atoms with Crippen molar-refractivity contribution in [1.29, 1.82) is 0 Å². The number of nitrogens with zero attached hydrogens (tertiary/aromatic N) is 1. The van der Waals surface area contributed by atoms with E-state index in [1.165, 1.54) is 5.56 Å². The van der Waals surface area contributed by atoms with E-state index < -0.39 is 0 Å². The first kappa shape index (κ1) is 15.7. The molecule has 0 spiro atoms. The first-order valence-corrected chi connectivity index (χ1v) is 8.66. The highest BCUT2D eigenvalue weighted by Gasteiger charge is 2.30. The van der Waals surface area contributed by atoms with Gasteiger partial charge < -0.3 is 10.2 Å². The quantitative estimate of drug-likeness (QED) is 0.917. The summed E-state index contributed by atoms with van der Waals surface area (Å²) < 4.78 is 0. The van der Waals surface area contributed by atoms with E-state index in [9.17, 15) is 9.59 Å². The zero-order chi connectivity index (χ0) is 16.2. The Bertz CT molecular complexity index is 680. The summed E-state index contributed by atoms with van der Waals surface area (Å²) in [6, 6.07) is 11.9. The second-order valence-electron chi connectivity index (χ2n) is 5.97. The van der Waals surface area contributed by atoms with Crippen LogP contribution in [-0.2, 0) is 16.0 Å². The van der Waals surface area contributed by atoms with Crippen LogP contribution in [0.1, 0.15) is 16.9 Å². The predicted molar refractivity (Wildman–Crippen MR) is 92.7 cm³/mol. The first-order chi connectivity index (χ1) is 11.1. The van der Waals surface area contributed by atoms with Crippen molar-refractivity contribution in [3.8, 4) is 0 Å². The van der Waals surface area contributed by atoms with E-state index in [4.69, 9.17) is 0 Å². The molecule has 1 aromatic carbocycles. The van der Waals surface area contributed by atoms with Gasteiger partial charge in [-0.05, 0) is 30.5 Å². The normalized spacial score (nSPS) is 17.5. The number of carbonyl (C=O) groups excluding carboxylic acids is 2. The third-order valence-electron chi connectivity index (χ3n) is 4.05. The van der Waals surface area contributed by atoms with Crippen LogP contribution >= 0.6 is 11.3 Å². The van der Waals surface area contributed by atoms with E-state index in [-0.39, 0.29) is 17.7 Å². The molecule has 5 heteroatoms. The smallest absolute Gasteiger partial charge is 0.227 e. The highest BCUT2D eigenvalue weighted by atomic mass is 32.1. The van der Waals surface area contributed by atoms with Crippen molar-refractivity contribution in [2.75, 3.05) is 18.0 Å². The van der Waals surface area contributed by atoms with Crippen molar-refractivity contribution < 1.29 is 9.59 Å². The van der Waals surface area contributed by atoms with Crippen LogP contribution in [0.2, 0.25) is 0 Å². The fraction of sp³-hybridized carbons (Fsp3) is 0.333. The Balaban J connectivity index is 1.51. The third kappa shape index (κ3) is 3.99. The lowest BCUT2D eigenvalue weighted by molar-refractivity contribution is -0.121. The van der Waals surface area contributed by atoms with Crippen LogP contribution in [0.4, 0.5) is 5.69 Å². The minimum Gasteiger partial charge on any atom is -0.355 e. The number of aryl methyl sites for hydroxylation is 1. The van der Waals surface area contributed by atoms with Gasteiger partial charge in [-0.2, -0.15) is 0 Å². The second kappa shape index (κ2) is 6.96. The summed E-state index contributed by atoms with van der Waals surface area (Å²) in [4.78, 5) is 27.0. The maximum absolute atomic E-state index is 12.2. The van der Waals surface area contributed by atoms with Crippen molar-refractivity contribution in [3.63, 3.8) is 0 Å². The van der Waals surface area contributed by atoms with Gasteiger partial charge in [0.1, 0.15) is 0 Å². The summed E-state index contributed by atoms with van der Waals surface area (Å²) in [6.45, 7) is 3.25. The van der Waals surface area contributed by atoms with Crippen molar-refractivity contribution in [1.82, 2.24) is 5.32 Å². The molecule has 3 rings (SSSR count). The van der Waals surface area contributed by atoms with Crippen LogP contribution in [0.3, 0.4) is 0 Å². The molecule has 23 heavy (non-hydrogen) atoms. The Morgan fingerprint density at radius 3 is 2.78 bits per heavy atom. The largest absolute Gasteiger partial charge is 0.355 e. The van der Waals surface area contributed by atoms with Gasteiger partial charge in [0.2, 0.25) is 11.8 Å². The highest BCUT2D eigenvalue weighted by Crippen LogP contribution is 2.25. The minimum atomic E-state index is 0.0219. The van der Waals surface area contributed by atoms with Crippen molar-refractivity contribution in [3.05, 3.63) is 52.2 Å². The molecule has 1 aromatic heterocycles. The van der Waals surface area contributed by atoms with Crippen LogP contribution in [-0.4, -0.2) is 24.9 Å². The number of anilines is 1. The van der Waals surface area contributed by atoms with E-state index in [0.717, 1.165) is 10.6 Å². The minimum absolute atomic E-state index is 0.0219. The SMILES string of the molecule is Cc1ccc(N2C[C@H](CNC(=O)Cc3cccs3)CC2=O)cc1. The Kier molecular flexibility index (Phi) is 4.76. The zero-order valence-corrected chi connectivity index (χ0v) is 13.9. The van der Waals surface area contributed by atoms with Crippen molar-refractivity contribution in [2.45, 2.75) is 19.8 Å². The van der Waals surface area contributed by atoms with Gasteiger partial charge in [0, 0.05) is 36.0 Å². The number of hydrogen-bond donors (Lipinski definition) is 1. The molecule has 1 fully saturated rings. The molecule has 1 aliphatic heterocycles. The molecular weight excluding hydrogens is 308 g/mol. The molecule has 0 unspecified atom stereocenters. The molecule has 0 radical (unpaired) electrons. The van der Waals surface area contributed by atoms with E-state index in [0.29, 0.717) is 25.9 Å². The van der Waals surface area contributed by atoms with E-state index >= 15 is 0 Å².